The number of aldehydes is 1. The molecule has 0 amide bonds. The van der Waals surface area contributed by atoms with Crippen molar-refractivity contribution in [1.82, 2.24) is 10.6 Å². The topological polar surface area (TPSA) is 41.1 Å². The summed E-state index contributed by atoms with van der Waals surface area (Å²) >= 11 is 0. The minimum atomic E-state index is 0.0703. The van der Waals surface area contributed by atoms with Crippen molar-refractivity contribution < 1.29 is 4.79 Å². The molecule has 0 radical (unpaired) electrons. The van der Waals surface area contributed by atoms with Gasteiger partial charge >= 0.3 is 0 Å². The van der Waals surface area contributed by atoms with Gasteiger partial charge in [0, 0.05) is 5.54 Å². The number of hydrogen-bond donors (Lipinski definition) is 2. The van der Waals surface area contributed by atoms with E-state index in [1.165, 1.54) is 6.42 Å². The summed E-state index contributed by atoms with van der Waals surface area (Å²) in [5.74, 6) is 0. The van der Waals surface area contributed by atoms with E-state index in [0.29, 0.717) is 12.0 Å². The zero-order chi connectivity index (χ0) is 13.2. The van der Waals surface area contributed by atoms with Crippen LogP contribution in [0.1, 0.15) is 48.0 Å². The molecule has 0 aliphatic carbocycles. The number of rotatable bonds is 4. The van der Waals surface area contributed by atoms with E-state index in [0.717, 1.165) is 12.8 Å². The minimum absolute atomic E-state index is 0.0703. The third-order valence-corrected chi connectivity index (χ3v) is 1.84. The molecule has 0 rings (SSSR count). The molecule has 0 heterocycles. The molecule has 0 fully saturated rings. The lowest BCUT2D eigenvalue weighted by atomic mass is 9.92. The molecular weight excluding hydrogens is 200 g/mol. The summed E-state index contributed by atoms with van der Waals surface area (Å²) in [5, 5.41) is 6.13. The van der Waals surface area contributed by atoms with Crippen molar-refractivity contribution in [2.75, 3.05) is 20.1 Å². The number of nitrogens with one attached hydrogen (secondary N) is 2. The number of carbonyl (C=O) groups is 1. The van der Waals surface area contributed by atoms with Gasteiger partial charge in [0.05, 0.1) is 6.54 Å². The van der Waals surface area contributed by atoms with Crippen LogP contribution in [0.4, 0.5) is 0 Å². The normalized spacial score (nSPS) is 11.7. The van der Waals surface area contributed by atoms with Gasteiger partial charge in [-0.25, -0.2) is 0 Å². The lowest BCUT2D eigenvalue weighted by Gasteiger charge is -2.17. The van der Waals surface area contributed by atoms with Crippen LogP contribution in [0.15, 0.2) is 0 Å². The Bertz CT molecular complexity index is 166. The predicted octanol–water partition coefficient (Wildman–Crippen LogP) is 2.22. The Kier molecular flexibility index (Phi) is 9.78. The second-order valence-electron chi connectivity index (χ2n) is 6.21. The zero-order valence-corrected chi connectivity index (χ0v) is 12.1. The Morgan fingerprint density at radius 3 is 1.69 bits per heavy atom. The summed E-state index contributed by atoms with van der Waals surface area (Å²) < 4.78 is 0. The first-order valence-corrected chi connectivity index (χ1v) is 5.95. The van der Waals surface area contributed by atoms with E-state index in [-0.39, 0.29) is 5.54 Å². The van der Waals surface area contributed by atoms with Gasteiger partial charge in [-0.2, -0.15) is 0 Å². The fourth-order valence-electron chi connectivity index (χ4n) is 0.848. The first-order valence-electron chi connectivity index (χ1n) is 5.95. The Morgan fingerprint density at radius 1 is 1.06 bits per heavy atom. The van der Waals surface area contributed by atoms with Gasteiger partial charge in [-0.1, -0.05) is 20.8 Å². The molecule has 0 unspecified atom stereocenters. The summed E-state index contributed by atoms with van der Waals surface area (Å²) in [7, 11) is 1.99. The summed E-state index contributed by atoms with van der Waals surface area (Å²) in [4.78, 5) is 9.79. The lowest BCUT2D eigenvalue weighted by Crippen LogP contribution is -2.36. The Labute approximate surface area is 101 Å². The van der Waals surface area contributed by atoms with Crippen LogP contribution in [0, 0.1) is 5.41 Å². The largest absolute Gasteiger partial charge is 0.320 e. The van der Waals surface area contributed by atoms with Gasteiger partial charge in [0.1, 0.15) is 6.29 Å². The number of carbonyl (C=O) groups excluding carboxylic acids is 1. The van der Waals surface area contributed by atoms with Gasteiger partial charge in [-0.15, -0.1) is 0 Å². The Morgan fingerprint density at radius 2 is 1.56 bits per heavy atom. The van der Waals surface area contributed by atoms with Crippen LogP contribution in [0.25, 0.3) is 0 Å². The standard InChI is InChI=1S/C7H17N.C6H13NO/c1-7(2,3)5-6-8-4;1-6(2,3)7-4-5-8/h8H,5-6H2,1-4H3;5,7H,4H2,1-3H3. The van der Waals surface area contributed by atoms with Crippen molar-refractivity contribution in [3.63, 3.8) is 0 Å². The predicted molar refractivity (Wildman–Crippen MR) is 71.8 cm³/mol. The summed E-state index contributed by atoms with van der Waals surface area (Å²) in [6.45, 7) is 14.4. The van der Waals surface area contributed by atoms with E-state index in [1.807, 2.05) is 27.8 Å². The molecule has 0 bridgehead atoms. The molecule has 98 valence electrons. The van der Waals surface area contributed by atoms with Crippen molar-refractivity contribution in [3.05, 3.63) is 0 Å². The molecule has 0 aliphatic rings. The molecule has 0 atom stereocenters. The average molecular weight is 230 g/mol. The van der Waals surface area contributed by atoms with Gasteiger partial charge < -0.3 is 15.4 Å². The van der Waals surface area contributed by atoms with E-state index >= 15 is 0 Å². The first kappa shape index (κ1) is 18.0. The van der Waals surface area contributed by atoms with Crippen LogP contribution in [0.5, 0.6) is 0 Å². The lowest BCUT2D eigenvalue weighted by molar-refractivity contribution is -0.107. The van der Waals surface area contributed by atoms with E-state index in [1.54, 1.807) is 0 Å². The second kappa shape index (κ2) is 8.71. The van der Waals surface area contributed by atoms with Gasteiger partial charge in [-0.05, 0) is 46.2 Å². The quantitative estimate of drug-likeness (QED) is 0.728. The third kappa shape index (κ3) is 23.4. The Balaban J connectivity index is 0. The molecule has 0 spiro atoms. The fourth-order valence-corrected chi connectivity index (χ4v) is 0.848. The van der Waals surface area contributed by atoms with Gasteiger partial charge in [0.25, 0.3) is 0 Å². The minimum Gasteiger partial charge on any atom is -0.320 e. The van der Waals surface area contributed by atoms with Crippen LogP contribution in [-0.2, 0) is 4.79 Å². The van der Waals surface area contributed by atoms with E-state index < -0.39 is 0 Å². The van der Waals surface area contributed by atoms with Crippen molar-refractivity contribution in [2.45, 2.75) is 53.5 Å². The van der Waals surface area contributed by atoms with E-state index in [2.05, 4.69) is 31.4 Å². The molecule has 0 saturated carbocycles. The highest BCUT2D eigenvalue weighted by atomic mass is 16.1. The van der Waals surface area contributed by atoms with Crippen molar-refractivity contribution in [3.8, 4) is 0 Å². The molecule has 3 heteroatoms. The summed E-state index contributed by atoms with van der Waals surface area (Å²) in [5.41, 5.74) is 0.559. The van der Waals surface area contributed by atoms with Crippen LogP contribution >= 0.6 is 0 Å². The van der Waals surface area contributed by atoms with E-state index in [4.69, 9.17) is 0 Å². The molecule has 0 aromatic rings. The van der Waals surface area contributed by atoms with E-state index in [9.17, 15) is 4.79 Å². The second-order valence-corrected chi connectivity index (χ2v) is 6.21. The third-order valence-electron chi connectivity index (χ3n) is 1.84. The van der Waals surface area contributed by atoms with Crippen molar-refractivity contribution >= 4 is 6.29 Å². The molecule has 0 saturated heterocycles. The number of hydrogen-bond acceptors (Lipinski definition) is 3. The molecule has 0 aliphatic heterocycles. The highest BCUT2D eigenvalue weighted by molar-refractivity contribution is 5.51. The SMILES string of the molecule is CC(C)(C)NCC=O.CNCCC(C)(C)C. The molecule has 0 aromatic heterocycles. The maximum Gasteiger partial charge on any atom is 0.133 e. The highest BCUT2D eigenvalue weighted by Crippen LogP contribution is 2.16. The summed E-state index contributed by atoms with van der Waals surface area (Å²) in [6.07, 6.45) is 2.12. The van der Waals surface area contributed by atoms with Gasteiger partial charge in [-0.3, -0.25) is 0 Å². The molecular formula is C13H30N2O. The van der Waals surface area contributed by atoms with Crippen LogP contribution in [-0.4, -0.2) is 32.0 Å². The van der Waals surface area contributed by atoms with Crippen LogP contribution < -0.4 is 10.6 Å². The molecule has 2 N–H and O–H groups in total. The molecule has 16 heavy (non-hydrogen) atoms. The monoisotopic (exact) mass is 230 g/mol. The Hall–Kier alpha value is -0.410. The molecule has 3 nitrogen and oxygen atoms in total. The maximum atomic E-state index is 9.79. The van der Waals surface area contributed by atoms with Crippen LogP contribution in [0.2, 0.25) is 0 Å². The van der Waals surface area contributed by atoms with Crippen LogP contribution in [0.3, 0.4) is 0 Å². The molecule has 0 aromatic carbocycles. The summed E-state index contributed by atoms with van der Waals surface area (Å²) in [6, 6.07) is 0. The highest BCUT2D eigenvalue weighted by Gasteiger charge is 2.07. The zero-order valence-electron chi connectivity index (χ0n) is 12.1. The first-order chi connectivity index (χ1) is 7.12. The fraction of sp³-hybridized carbons (Fsp3) is 0.923. The van der Waals surface area contributed by atoms with Crippen molar-refractivity contribution in [2.24, 2.45) is 5.41 Å². The van der Waals surface area contributed by atoms with Gasteiger partial charge in [0.15, 0.2) is 0 Å². The smallest absolute Gasteiger partial charge is 0.133 e. The maximum absolute atomic E-state index is 9.79. The average Bonchev–Trinajstić information content (AvgIpc) is 2.10. The van der Waals surface area contributed by atoms with Crippen molar-refractivity contribution in [1.29, 1.82) is 0 Å². The van der Waals surface area contributed by atoms with Gasteiger partial charge in [0.2, 0.25) is 0 Å².